The van der Waals surface area contributed by atoms with Gasteiger partial charge >= 0.3 is 0 Å². The van der Waals surface area contributed by atoms with E-state index < -0.39 is 0 Å². The van der Waals surface area contributed by atoms with Crippen LogP contribution >= 0.6 is 15.9 Å². The zero-order chi connectivity index (χ0) is 12.9. The average molecular weight is 310 g/mol. The van der Waals surface area contributed by atoms with Crippen molar-refractivity contribution in [2.75, 3.05) is 6.61 Å². The molecular weight excluding hydrogens is 290 g/mol. The van der Waals surface area contributed by atoms with Crippen molar-refractivity contribution in [3.8, 4) is 5.75 Å². The standard InChI is InChI=1S/C15H20BrNO/c1-15(2)5-3-10-13(12(17)8-15)11(16)7-9-4-6-18-14(9)10/h7,12H,3-6,8,17H2,1-2H3. The highest BCUT2D eigenvalue weighted by Crippen LogP contribution is 2.46. The highest BCUT2D eigenvalue weighted by Gasteiger charge is 2.32. The Morgan fingerprint density at radius 1 is 1.39 bits per heavy atom. The lowest BCUT2D eigenvalue weighted by molar-refractivity contribution is 0.293. The van der Waals surface area contributed by atoms with E-state index >= 15 is 0 Å². The number of benzene rings is 1. The number of hydrogen-bond acceptors (Lipinski definition) is 2. The first-order chi connectivity index (χ1) is 8.48. The van der Waals surface area contributed by atoms with Crippen LogP contribution in [0.2, 0.25) is 0 Å². The van der Waals surface area contributed by atoms with Gasteiger partial charge in [0.15, 0.2) is 0 Å². The molecule has 2 nitrogen and oxygen atoms in total. The molecule has 1 heterocycles. The first-order valence-electron chi connectivity index (χ1n) is 6.70. The van der Waals surface area contributed by atoms with E-state index in [4.69, 9.17) is 10.5 Å². The van der Waals surface area contributed by atoms with Gasteiger partial charge in [-0.05, 0) is 41.9 Å². The molecule has 1 aromatic carbocycles. The Hall–Kier alpha value is -0.540. The largest absolute Gasteiger partial charge is 0.493 e. The van der Waals surface area contributed by atoms with Gasteiger partial charge in [0.25, 0.3) is 0 Å². The van der Waals surface area contributed by atoms with Crippen LogP contribution in [0.3, 0.4) is 0 Å². The fraction of sp³-hybridized carbons (Fsp3) is 0.600. The Labute approximate surface area is 117 Å². The lowest BCUT2D eigenvalue weighted by Crippen LogP contribution is -2.19. The average Bonchev–Trinajstić information content (AvgIpc) is 2.67. The minimum Gasteiger partial charge on any atom is -0.493 e. The number of hydrogen-bond donors (Lipinski definition) is 1. The molecule has 2 aliphatic rings. The molecule has 3 heteroatoms. The number of nitrogens with two attached hydrogens (primary N) is 1. The van der Waals surface area contributed by atoms with Crippen molar-refractivity contribution in [3.05, 3.63) is 27.2 Å². The van der Waals surface area contributed by atoms with Crippen LogP contribution in [-0.2, 0) is 12.8 Å². The molecule has 1 aliphatic heterocycles. The third kappa shape index (κ3) is 1.97. The second-order valence-electron chi connectivity index (χ2n) is 6.31. The first-order valence-corrected chi connectivity index (χ1v) is 7.50. The quantitative estimate of drug-likeness (QED) is 0.741. The molecule has 1 aliphatic carbocycles. The summed E-state index contributed by atoms with van der Waals surface area (Å²) in [6.07, 6.45) is 4.33. The molecule has 0 saturated carbocycles. The highest BCUT2D eigenvalue weighted by molar-refractivity contribution is 9.10. The predicted octanol–water partition coefficient (Wildman–Crippen LogP) is 3.75. The fourth-order valence-electron chi connectivity index (χ4n) is 3.30. The monoisotopic (exact) mass is 309 g/mol. The SMILES string of the molecule is CC1(C)CCc2c3c(cc(Br)c2C(N)C1)CCO3. The van der Waals surface area contributed by atoms with Gasteiger partial charge in [-0.1, -0.05) is 29.8 Å². The lowest BCUT2D eigenvalue weighted by atomic mass is 9.83. The van der Waals surface area contributed by atoms with Crippen LogP contribution in [0.15, 0.2) is 10.5 Å². The maximum absolute atomic E-state index is 6.43. The lowest BCUT2D eigenvalue weighted by Gasteiger charge is -2.25. The van der Waals surface area contributed by atoms with Crippen molar-refractivity contribution in [2.45, 2.75) is 45.6 Å². The molecule has 0 fully saturated rings. The third-order valence-electron chi connectivity index (χ3n) is 4.26. The Bertz CT molecular complexity index is 496. The number of rotatable bonds is 0. The Morgan fingerprint density at radius 3 is 2.94 bits per heavy atom. The van der Waals surface area contributed by atoms with Crippen molar-refractivity contribution in [1.82, 2.24) is 0 Å². The molecule has 1 atom stereocenters. The minimum atomic E-state index is 0.112. The Kier molecular flexibility index (Phi) is 2.94. The fourth-order valence-corrected chi connectivity index (χ4v) is 4.11. The van der Waals surface area contributed by atoms with E-state index in [-0.39, 0.29) is 6.04 Å². The van der Waals surface area contributed by atoms with Gasteiger partial charge in [0.2, 0.25) is 0 Å². The predicted molar refractivity (Wildman–Crippen MR) is 77.0 cm³/mol. The summed E-state index contributed by atoms with van der Waals surface area (Å²) in [7, 11) is 0. The van der Waals surface area contributed by atoms with E-state index in [2.05, 4.69) is 35.8 Å². The molecule has 18 heavy (non-hydrogen) atoms. The van der Waals surface area contributed by atoms with Crippen LogP contribution in [0.1, 0.15) is 49.4 Å². The molecule has 0 bridgehead atoms. The summed E-state index contributed by atoms with van der Waals surface area (Å²) < 4.78 is 7.02. The number of halogens is 1. The zero-order valence-corrected chi connectivity index (χ0v) is 12.6. The van der Waals surface area contributed by atoms with Crippen molar-refractivity contribution in [3.63, 3.8) is 0 Å². The highest BCUT2D eigenvalue weighted by atomic mass is 79.9. The molecule has 0 spiro atoms. The zero-order valence-electron chi connectivity index (χ0n) is 11.1. The van der Waals surface area contributed by atoms with Crippen molar-refractivity contribution >= 4 is 15.9 Å². The number of ether oxygens (including phenoxy) is 1. The van der Waals surface area contributed by atoms with E-state index in [0.29, 0.717) is 5.41 Å². The summed E-state index contributed by atoms with van der Waals surface area (Å²) in [5, 5.41) is 0. The maximum Gasteiger partial charge on any atom is 0.126 e. The van der Waals surface area contributed by atoms with Gasteiger partial charge in [-0.15, -0.1) is 0 Å². The molecule has 98 valence electrons. The second kappa shape index (κ2) is 4.24. The van der Waals surface area contributed by atoms with Crippen LogP contribution in [0.5, 0.6) is 5.75 Å². The molecule has 0 aromatic heterocycles. The van der Waals surface area contributed by atoms with E-state index in [0.717, 1.165) is 31.6 Å². The topological polar surface area (TPSA) is 35.2 Å². The molecule has 0 amide bonds. The van der Waals surface area contributed by atoms with Crippen LogP contribution in [0.25, 0.3) is 0 Å². The summed E-state index contributed by atoms with van der Waals surface area (Å²) in [6, 6.07) is 2.32. The van der Waals surface area contributed by atoms with Crippen LogP contribution in [0, 0.1) is 5.41 Å². The van der Waals surface area contributed by atoms with Crippen molar-refractivity contribution in [1.29, 1.82) is 0 Å². The molecule has 0 saturated heterocycles. The van der Waals surface area contributed by atoms with Gasteiger partial charge in [0.1, 0.15) is 5.75 Å². The normalized spacial score (nSPS) is 25.0. The molecule has 1 unspecified atom stereocenters. The van der Waals surface area contributed by atoms with Crippen molar-refractivity contribution in [2.24, 2.45) is 11.1 Å². The third-order valence-corrected chi connectivity index (χ3v) is 4.92. The molecular formula is C15H20BrNO. The van der Waals surface area contributed by atoms with E-state index in [1.54, 1.807) is 0 Å². The Morgan fingerprint density at radius 2 is 2.17 bits per heavy atom. The molecule has 1 aromatic rings. The van der Waals surface area contributed by atoms with Gasteiger partial charge in [-0.25, -0.2) is 0 Å². The van der Waals surface area contributed by atoms with Gasteiger partial charge in [-0.3, -0.25) is 0 Å². The summed E-state index contributed by atoms with van der Waals surface area (Å²) >= 11 is 3.71. The summed E-state index contributed by atoms with van der Waals surface area (Å²) in [5.74, 6) is 1.13. The summed E-state index contributed by atoms with van der Waals surface area (Å²) in [5.41, 5.74) is 10.7. The van der Waals surface area contributed by atoms with Crippen LogP contribution in [0.4, 0.5) is 0 Å². The second-order valence-corrected chi connectivity index (χ2v) is 7.17. The first kappa shape index (κ1) is 12.5. The van der Waals surface area contributed by atoms with Gasteiger partial charge in [-0.2, -0.15) is 0 Å². The number of fused-ring (bicyclic) bond motifs is 3. The molecule has 0 radical (unpaired) electrons. The van der Waals surface area contributed by atoms with E-state index in [1.807, 2.05) is 0 Å². The van der Waals surface area contributed by atoms with Crippen molar-refractivity contribution < 1.29 is 4.74 Å². The van der Waals surface area contributed by atoms with Crippen LogP contribution in [-0.4, -0.2) is 6.61 Å². The summed E-state index contributed by atoms with van der Waals surface area (Å²) in [6.45, 7) is 5.44. The van der Waals surface area contributed by atoms with E-state index in [9.17, 15) is 0 Å². The van der Waals surface area contributed by atoms with E-state index in [1.165, 1.54) is 27.6 Å². The Balaban J connectivity index is 2.15. The maximum atomic E-state index is 6.43. The van der Waals surface area contributed by atoms with Gasteiger partial charge < -0.3 is 10.5 Å². The summed E-state index contributed by atoms with van der Waals surface area (Å²) in [4.78, 5) is 0. The molecule has 3 rings (SSSR count). The van der Waals surface area contributed by atoms with Gasteiger partial charge in [0.05, 0.1) is 6.61 Å². The molecule has 2 N–H and O–H groups in total. The van der Waals surface area contributed by atoms with Gasteiger partial charge in [0, 0.05) is 22.5 Å². The van der Waals surface area contributed by atoms with Crippen LogP contribution < -0.4 is 10.5 Å². The minimum absolute atomic E-state index is 0.112. The smallest absolute Gasteiger partial charge is 0.126 e.